The molecule has 0 unspecified atom stereocenters. The number of amides is 1. The van der Waals surface area contributed by atoms with Gasteiger partial charge in [0.25, 0.3) is 0 Å². The number of nitrogens with zero attached hydrogens (tertiary/aromatic N) is 2. The molecule has 29 heavy (non-hydrogen) atoms. The number of hydrogen-bond acceptors (Lipinski definition) is 5. The van der Waals surface area contributed by atoms with Gasteiger partial charge in [0.1, 0.15) is 5.76 Å². The molecule has 1 aromatic carbocycles. The summed E-state index contributed by atoms with van der Waals surface area (Å²) in [4.78, 5) is 12.0. The molecule has 0 radical (unpaired) electrons. The molecule has 1 amide bonds. The molecule has 0 saturated carbocycles. The maximum atomic E-state index is 12.3. The van der Waals surface area contributed by atoms with E-state index in [1.165, 1.54) is 24.5 Å². The number of furan rings is 1. The third kappa shape index (κ3) is 6.44. The van der Waals surface area contributed by atoms with Gasteiger partial charge in [-0.2, -0.15) is 5.10 Å². The normalized spacial score (nSPS) is 11.7. The van der Waals surface area contributed by atoms with Crippen molar-refractivity contribution in [3.8, 4) is 0 Å². The van der Waals surface area contributed by atoms with Crippen LogP contribution in [0.3, 0.4) is 0 Å². The maximum Gasteiger partial charge on any atom is 0.244 e. The molecule has 0 aliphatic rings. The first-order valence-electron chi connectivity index (χ1n) is 9.08. The average Bonchev–Trinajstić information content (AvgIpc) is 3.42. The summed E-state index contributed by atoms with van der Waals surface area (Å²) in [5.74, 6) is 0.325. The van der Waals surface area contributed by atoms with Gasteiger partial charge in [-0.3, -0.25) is 9.48 Å². The average molecular weight is 414 g/mol. The number of sulfonamides is 1. The van der Waals surface area contributed by atoms with Crippen LogP contribution in [0.15, 0.2) is 76.5 Å². The molecule has 152 valence electrons. The molecule has 3 rings (SSSR count). The predicted octanol–water partition coefficient (Wildman–Crippen LogP) is 2.17. The molecule has 0 atom stereocenters. The summed E-state index contributed by atoms with van der Waals surface area (Å²) < 4.78 is 34.0. The molecule has 0 fully saturated rings. The third-order valence-corrected chi connectivity index (χ3v) is 5.47. The summed E-state index contributed by atoms with van der Waals surface area (Å²) in [6, 6.07) is 11.5. The van der Waals surface area contributed by atoms with Gasteiger partial charge in [-0.05, 0) is 48.4 Å². The van der Waals surface area contributed by atoms with Crippen LogP contribution in [-0.2, 0) is 27.9 Å². The fraction of sp³-hybridized carbons (Fsp3) is 0.200. The summed E-state index contributed by atoms with van der Waals surface area (Å²) in [7, 11) is -3.64. The molecule has 0 saturated heterocycles. The summed E-state index contributed by atoms with van der Waals surface area (Å²) in [6.07, 6.45) is 8.91. The number of carbonyl (C=O) groups excluding carboxylic acids is 1. The summed E-state index contributed by atoms with van der Waals surface area (Å²) in [6.45, 7) is 1.36. The van der Waals surface area contributed by atoms with Gasteiger partial charge < -0.3 is 9.73 Å². The lowest BCUT2D eigenvalue weighted by Gasteiger charge is -2.06. The first-order valence-corrected chi connectivity index (χ1v) is 10.6. The molecule has 3 aromatic rings. The Bertz CT molecular complexity index is 1020. The van der Waals surface area contributed by atoms with Crippen molar-refractivity contribution in [1.29, 1.82) is 0 Å². The molecule has 0 aliphatic carbocycles. The zero-order valence-electron chi connectivity index (χ0n) is 15.7. The van der Waals surface area contributed by atoms with Crippen molar-refractivity contribution in [2.45, 2.75) is 24.4 Å². The van der Waals surface area contributed by atoms with E-state index in [0.717, 1.165) is 18.5 Å². The fourth-order valence-electron chi connectivity index (χ4n) is 2.54. The van der Waals surface area contributed by atoms with Gasteiger partial charge in [-0.25, -0.2) is 13.1 Å². The van der Waals surface area contributed by atoms with Gasteiger partial charge in [0.15, 0.2) is 0 Å². The molecule has 9 heteroatoms. The Morgan fingerprint density at radius 3 is 2.69 bits per heavy atom. The zero-order valence-corrected chi connectivity index (χ0v) is 16.5. The smallest absolute Gasteiger partial charge is 0.244 e. The number of aryl methyl sites for hydroxylation is 1. The maximum absolute atomic E-state index is 12.3. The minimum atomic E-state index is -3.64. The highest BCUT2D eigenvalue weighted by Crippen LogP contribution is 2.12. The van der Waals surface area contributed by atoms with Crippen molar-refractivity contribution in [1.82, 2.24) is 19.8 Å². The number of aromatic nitrogens is 2. The quantitative estimate of drug-likeness (QED) is 0.391. The van der Waals surface area contributed by atoms with Crippen molar-refractivity contribution in [2.75, 3.05) is 6.54 Å². The van der Waals surface area contributed by atoms with Gasteiger partial charge >= 0.3 is 0 Å². The lowest BCUT2D eigenvalue weighted by atomic mass is 10.2. The van der Waals surface area contributed by atoms with Crippen LogP contribution in [0.25, 0.3) is 6.08 Å². The van der Waals surface area contributed by atoms with Crippen LogP contribution in [-0.4, -0.2) is 30.7 Å². The minimum Gasteiger partial charge on any atom is -0.468 e. The lowest BCUT2D eigenvalue weighted by molar-refractivity contribution is -0.116. The van der Waals surface area contributed by atoms with Crippen molar-refractivity contribution in [3.63, 3.8) is 0 Å². The fourth-order valence-corrected chi connectivity index (χ4v) is 3.53. The third-order valence-electron chi connectivity index (χ3n) is 4.06. The largest absolute Gasteiger partial charge is 0.468 e. The highest BCUT2D eigenvalue weighted by Gasteiger charge is 2.13. The molecule has 0 spiro atoms. The Morgan fingerprint density at radius 1 is 1.17 bits per heavy atom. The van der Waals surface area contributed by atoms with Crippen LogP contribution in [0.4, 0.5) is 0 Å². The molecule has 2 aromatic heterocycles. The van der Waals surface area contributed by atoms with Gasteiger partial charge in [0.2, 0.25) is 15.9 Å². The summed E-state index contributed by atoms with van der Waals surface area (Å²) >= 11 is 0. The molecule has 0 bridgehead atoms. The van der Waals surface area contributed by atoms with E-state index in [1.54, 1.807) is 41.2 Å². The van der Waals surface area contributed by atoms with E-state index >= 15 is 0 Å². The standard InChI is InChI=1S/C20H22N4O4S/c25-20(21-11-2-13-24-14-3-12-22-24)10-7-17-5-8-19(9-6-17)29(26,27)23-16-18-4-1-15-28-18/h1,3-10,12,14-15,23H,2,11,13,16H2,(H,21,25)/b10-7+. The van der Waals surface area contributed by atoms with E-state index < -0.39 is 10.0 Å². The van der Waals surface area contributed by atoms with E-state index in [9.17, 15) is 13.2 Å². The Kier molecular flexibility index (Phi) is 6.99. The molecule has 2 N–H and O–H groups in total. The summed E-state index contributed by atoms with van der Waals surface area (Å²) in [5, 5.41) is 6.90. The van der Waals surface area contributed by atoms with Crippen molar-refractivity contribution in [3.05, 3.63) is 78.5 Å². The van der Waals surface area contributed by atoms with Crippen LogP contribution >= 0.6 is 0 Å². The van der Waals surface area contributed by atoms with E-state index in [0.29, 0.717) is 12.3 Å². The highest BCUT2D eigenvalue weighted by molar-refractivity contribution is 7.89. The summed E-state index contributed by atoms with van der Waals surface area (Å²) in [5.41, 5.74) is 0.724. The molecule has 0 aliphatic heterocycles. The Morgan fingerprint density at radius 2 is 2.00 bits per heavy atom. The Labute approximate surface area is 169 Å². The minimum absolute atomic E-state index is 0.0809. The number of rotatable bonds is 10. The number of carbonyl (C=O) groups is 1. The van der Waals surface area contributed by atoms with E-state index in [2.05, 4.69) is 15.1 Å². The van der Waals surface area contributed by atoms with E-state index in [-0.39, 0.29) is 17.3 Å². The molecular weight excluding hydrogens is 392 g/mol. The highest BCUT2D eigenvalue weighted by atomic mass is 32.2. The van der Waals surface area contributed by atoms with E-state index in [4.69, 9.17) is 4.42 Å². The topological polar surface area (TPSA) is 106 Å². The second-order valence-corrected chi connectivity index (χ2v) is 7.99. The second kappa shape index (κ2) is 9.85. The second-order valence-electron chi connectivity index (χ2n) is 6.22. The van der Waals surface area contributed by atoms with Gasteiger partial charge in [-0.15, -0.1) is 0 Å². The van der Waals surface area contributed by atoms with Crippen LogP contribution in [0.2, 0.25) is 0 Å². The van der Waals surface area contributed by atoms with Crippen molar-refractivity contribution >= 4 is 22.0 Å². The van der Waals surface area contributed by atoms with Gasteiger partial charge in [-0.1, -0.05) is 12.1 Å². The van der Waals surface area contributed by atoms with Crippen molar-refractivity contribution in [2.24, 2.45) is 0 Å². The van der Waals surface area contributed by atoms with Crippen LogP contribution in [0.5, 0.6) is 0 Å². The predicted molar refractivity (Wildman–Crippen MR) is 108 cm³/mol. The Balaban J connectivity index is 1.45. The van der Waals surface area contributed by atoms with Gasteiger partial charge in [0, 0.05) is 31.6 Å². The first-order chi connectivity index (χ1) is 14.0. The van der Waals surface area contributed by atoms with Crippen molar-refractivity contribution < 1.29 is 17.6 Å². The first kappa shape index (κ1) is 20.6. The van der Waals surface area contributed by atoms with Crippen LogP contribution < -0.4 is 10.0 Å². The SMILES string of the molecule is O=C(/C=C/c1ccc(S(=O)(=O)NCc2ccco2)cc1)NCCCn1cccn1. The van der Waals surface area contributed by atoms with E-state index in [1.807, 2.05) is 12.3 Å². The Hall–Kier alpha value is -3.17. The number of hydrogen-bond donors (Lipinski definition) is 2. The van der Waals surface area contributed by atoms with Crippen LogP contribution in [0.1, 0.15) is 17.7 Å². The molecule has 2 heterocycles. The van der Waals surface area contributed by atoms with Crippen LogP contribution in [0, 0.1) is 0 Å². The lowest BCUT2D eigenvalue weighted by Crippen LogP contribution is -2.23. The number of nitrogens with one attached hydrogen (secondary N) is 2. The monoisotopic (exact) mass is 414 g/mol. The molecule has 8 nitrogen and oxygen atoms in total. The molecular formula is C20H22N4O4S. The number of benzene rings is 1. The van der Waals surface area contributed by atoms with Gasteiger partial charge in [0.05, 0.1) is 17.7 Å². The zero-order chi connectivity index (χ0) is 20.5.